The number of hydrogen-bond acceptors (Lipinski definition) is 3. The minimum absolute atomic E-state index is 0.722. The van der Waals surface area contributed by atoms with Crippen molar-refractivity contribution in [2.45, 2.75) is 0 Å². The number of carbonyl (C=O) groups is 1. The Bertz CT molecular complexity index is 185. The number of rotatable bonds is 1. The van der Waals surface area contributed by atoms with Gasteiger partial charge in [-0.25, -0.2) is 4.99 Å². The van der Waals surface area contributed by atoms with Crippen LogP contribution in [0.2, 0.25) is 0 Å². The van der Waals surface area contributed by atoms with Gasteiger partial charge in [-0.15, -0.1) is 0 Å². The topological polar surface area (TPSA) is 56.9 Å². The molecule has 0 spiro atoms. The molecule has 0 bridgehead atoms. The van der Waals surface area contributed by atoms with Crippen LogP contribution in [0.3, 0.4) is 0 Å². The Morgan fingerprint density at radius 1 is 1.82 bits per heavy atom. The van der Waals surface area contributed by atoms with Crippen LogP contribution in [0.25, 0.3) is 0 Å². The Balaban J connectivity index is 0.000000187. The van der Waals surface area contributed by atoms with E-state index in [1.165, 1.54) is 4.90 Å². The highest BCUT2D eigenvalue weighted by molar-refractivity contribution is 5.76. The predicted molar refractivity (Wildman–Crippen MR) is 39.7 cm³/mol. The molecule has 60 valence electrons. The maximum atomic E-state index is 9.14. The highest BCUT2D eigenvalue weighted by atomic mass is 16.4. The number of hydrogen-bond donors (Lipinski definition) is 1. The molecule has 1 rings (SSSR count). The van der Waals surface area contributed by atoms with Crippen LogP contribution in [-0.2, 0) is 4.79 Å². The molecule has 0 fully saturated rings. The van der Waals surface area contributed by atoms with Crippen molar-refractivity contribution in [3.8, 4) is 0 Å². The largest absolute Gasteiger partial charge is 0.545 e. The third-order valence-electron chi connectivity index (χ3n) is 0.868. The lowest BCUT2D eigenvalue weighted by Gasteiger charge is -1.87. The maximum absolute atomic E-state index is 9.14. The average molecular weight is 154 g/mol. The summed E-state index contributed by atoms with van der Waals surface area (Å²) in [7, 11) is 2.02. The van der Waals surface area contributed by atoms with E-state index in [-0.39, 0.29) is 0 Å². The third-order valence-corrected chi connectivity index (χ3v) is 0.868. The molecular formula is C7H10N2O2. The minimum atomic E-state index is -1.23. The van der Waals surface area contributed by atoms with Gasteiger partial charge >= 0.3 is 0 Å². The molecule has 0 aliphatic carbocycles. The van der Waals surface area contributed by atoms with Gasteiger partial charge in [-0.05, 0) is 6.08 Å². The van der Waals surface area contributed by atoms with Gasteiger partial charge in [0, 0.05) is 0 Å². The van der Waals surface area contributed by atoms with Crippen LogP contribution in [0, 0.1) is 0 Å². The van der Waals surface area contributed by atoms with Crippen LogP contribution in [0.4, 0.5) is 0 Å². The molecule has 1 N–H and O–H groups in total. The number of quaternary nitrogens is 1. The van der Waals surface area contributed by atoms with Gasteiger partial charge in [0.15, 0.2) is 6.34 Å². The lowest BCUT2D eigenvalue weighted by molar-refractivity contribution is -0.709. The molecule has 0 aromatic carbocycles. The first kappa shape index (κ1) is 9.58. The smallest absolute Gasteiger partial charge is 0.192 e. The van der Waals surface area contributed by atoms with Crippen molar-refractivity contribution in [1.82, 2.24) is 0 Å². The molecule has 1 unspecified atom stereocenters. The van der Waals surface area contributed by atoms with Crippen molar-refractivity contribution in [2.75, 3.05) is 7.05 Å². The van der Waals surface area contributed by atoms with Crippen molar-refractivity contribution in [3.63, 3.8) is 0 Å². The second-order valence-corrected chi connectivity index (χ2v) is 1.86. The van der Waals surface area contributed by atoms with E-state index in [0.717, 1.165) is 6.08 Å². The SMILES string of the molecule is C=CC(=O)[O-].C[NH+]1C=CN=C1. The first-order valence-electron chi connectivity index (χ1n) is 3.03. The van der Waals surface area contributed by atoms with E-state index in [1.54, 1.807) is 6.20 Å². The van der Waals surface area contributed by atoms with Crippen molar-refractivity contribution in [1.29, 1.82) is 0 Å². The van der Waals surface area contributed by atoms with Gasteiger partial charge in [0.1, 0.15) is 6.20 Å². The summed E-state index contributed by atoms with van der Waals surface area (Å²) >= 11 is 0. The summed E-state index contributed by atoms with van der Waals surface area (Å²) in [4.78, 5) is 14.2. The van der Waals surface area contributed by atoms with Gasteiger partial charge in [0.25, 0.3) is 0 Å². The summed E-state index contributed by atoms with van der Waals surface area (Å²) in [6, 6.07) is 0. The Morgan fingerprint density at radius 3 is 2.45 bits per heavy atom. The lowest BCUT2D eigenvalue weighted by atomic mass is 10.7. The Labute approximate surface area is 65.2 Å². The van der Waals surface area contributed by atoms with Crippen LogP contribution in [0.5, 0.6) is 0 Å². The number of carbonyl (C=O) groups excluding carboxylic acids is 1. The molecule has 1 aliphatic heterocycles. The van der Waals surface area contributed by atoms with Gasteiger partial charge in [-0.1, -0.05) is 6.58 Å². The van der Waals surface area contributed by atoms with Gasteiger partial charge in [-0.2, -0.15) is 0 Å². The maximum Gasteiger partial charge on any atom is 0.192 e. The Morgan fingerprint density at radius 2 is 2.36 bits per heavy atom. The molecule has 11 heavy (non-hydrogen) atoms. The fraction of sp³-hybridized carbons (Fsp3) is 0.143. The van der Waals surface area contributed by atoms with Crippen molar-refractivity contribution < 1.29 is 14.8 Å². The van der Waals surface area contributed by atoms with E-state index < -0.39 is 5.97 Å². The summed E-state index contributed by atoms with van der Waals surface area (Å²) in [5.41, 5.74) is 0. The highest BCUT2D eigenvalue weighted by Gasteiger charge is 1.91. The number of nitrogens with one attached hydrogen (secondary N) is 1. The monoisotopic (exact) mass is 154 g/mol. The minimum Gasteiger partial charge on any atom is -0.545 e. The number of aliphatic carboxylic acids is 1. The second kappa shape index (κ2) is 5.37. The Hall–Kier alpha value is -1.42. The van der Waals surface area contributed by atoms with E-state index in [4.69, 9.17) is 9.90 Å². The average Bonchev–Trinajstić information content (AvgIpc) is 2.41. The van der Waals surface area contributed by atoms with E-state index in [1.807, 2.05) is 19.6 Å². The van der Waals surface area contributed by atoms with E-state index in [9.17, 15) is 0 Å². The van der Waals surface area contributed by atoms with Gasteiger partial charge in [0.2, 0.25) is 0 Å². The summed E-state index contributed by atoms with van der Waals surface area (Å²) in [6.07, 6.45) is 6.31. The van der Waals surface area contributed by atoms with Crippen molar-refractivity contribution in [3.05, 3.63) is 25.1 Å². The highest BCUT2D eigenvalue weighted by Crippen LogP contribution is 1.66. The fourth-order valence-electron chi connectivity index (χ4n) is 0.364. The number of nitrogens with zero attached hydrogens (tertiary/aromatic N) is 1. The molecule has 0 aromatic rings. The summed E-state index contributed by atoms with van der Waals surface area (Å²) in [5.74, 6) is -1.23. The molecule has 1 heterocycles. The van der Waals surface area contributed by atoms with Crippen molar-refractivity contribution in [2.24, 2.45) is 4.99 Å². The normalized spacial score (nSPS) is 18.8. The van der Waals surface area contributed by atoms with Crippen LogP contribution in [-0.4, -0.2) is 19.4 Å². The van der Waals surface area contributed by atoms with Gasteiger partial charge < -0.3 is 9.90 Å². The molecule has 0 saturated heterocycles. The molecule has 1 atom stereocenters. The molecule has 1 aliphatic rings. The molecular weight excluding hydrogens is 144 g/mol. The summed E-state index contributed by atoms with van der Waals surface area (Å²) < 4.78 is 0. The molecule has 0 saturated carbocycles. The quantitative estimate of drug-likeness (QED) is 0.441. The zero-order valence-corrected chi connectivity index (χ0v) is 6.28. The zero-order valence-electron chi connectivity index (χ0n) is 6.28. The number of aliphatic imine (C=N–C) groups is 1. The lowest BCUT2D eigenvalue weighted by Crippen LogP contribution is -3.01. The fourth-order valence-corrected chi connectivity index (χ4v) is 0.364. The van der Waals surface area contributed by atoms with Crippen molar-refractivity contribution >= 4 is 12.3 Å². The van der Waals surface area contributed by atoms with Gasteiger partial charge in [0.05, 0.1) is 19.2 Å². The Kier molecular flexibility index (Phi) is 4.68. The van der Waals surface area contributed by atoms with E-state index >= 15 is 0 Å². The van der Waals surface area contributed by atoms with Crippen LogP contribution in [0.15, 0.2) is 30.0 Å². The first-order valence-corrected chi connectivity index (χ1v) is 3.03. The van der Waals surface area contributed by atoms with Crippen LogP contribution in [0.1, 0.15) is 0 Å². The molecule has 0 aromatic heterocycles. The molecule has 4 heteroatoms. The standard InChI is InChI=1S/C4H6N2.C3H4O2/c1-6-3-2-5-4-6;1-2-3(4)5/h2-4H,1H3;2H,1H2,(H,4,5). The number of carboxylic acids is 1. The predicted octanol–water partition coefficient (Wildman–Crippen LogP) is -2.06. The second-order valence-electron chi connectivity index (χ2n) is 1.86. The van der Waals surface area contributed by atoms with Crippen LogP contribution < -0.4 is 10.0 Å². The first-order chi connectivity index (χ1) is 5.16. The summed E-state index contributed by atoms with van der Waals surface area (Å²) in [6.45, 7) is 2.90. The van der Waals surface area contributed by atoms with E-state index in [0.29, 0.717) is 0 Å². The van der Waals surface area contributed by atoms with Gasteiger partial charge in [-0.3, -0.25) is 4.90 Å². The number of carboxylic acid groups (broad SMARTS) is 1. The third kappa shape index (κ3) is 6.47. The molecule has 0 amide bonds. The molecule has 0 radical (unpaired) electrons. The summed E-state index contributed by atoms with van der Waals surface area (Å²) in [5, 5.41) is 9.14. The zero-order chi connectivity index (χ0) is 8.69. The molecule has 4 nitrogen and oxygen atoms in total. The van der Waals surface area contributed by atoms with E-state index in [2.05, 4.69) is 11.6 Å². The van der Waals surface area contributed by atoms with Crippen LogP contribution >= 0.6 is 0 Å².